The molecule has 0 unspecified atom stereocenters. The number of hydrogen-bond acceptors (Lipinski definition) is 2. The quantitative estimate of drug-likeness (QED) is 0.814. The summed E-state index contributed by atoms with van der Waals surface area (Å²) in [4.78, 5) is 16.8. The van der Waals surface area contributed by atoms with Gasteiger partial charge in [0.15, 0.2) is 0 Å². The number of benzene rings is 1. The molecular weight excluding hydrogens is 290 g/mol. The first-order valence-electron chi connectivity index (χ1n) is 7.82. The standard InChI is InChI=1S/C19H21NOS/c1-3-17-14(2)13-18(22-17)19(21)20-11-9-16(10-12-20)15-7-5-4-6-8-15/h4-9,13H,3,10-12H2,1-2H3. The number of hydrogen-bond donors (Lipinski definition) is 0. The van der Waals surface area contributed by atoms with Crippen molar-refractivity contribution >= 4 is 22.8 Å². The Labute approximate surface area is 136 Å². The Morgan fingerprint density at radius 2 is 2.05 bits per heavy atom. The van der Waals surface area contributed by atoms with E-state index in [4.69, 9.17) is 0 Å². The van der Waals surface area contributed by atoms with E-state index in [1.54, 1.807) is 11.3 Å². The molecule has 0 N–H and O–H groups in total. The molecule has 114 valence electrons. The molecule has 0 fully saturated rings. The predicted molar refractivity (Wildman–Crippen MR) is 93.4 cm³/mol. The van der Waals surface area contributed by atoms with Crippen LogP contribution >= 0.6 is 11.3 Å². The van der Waals surface area contributed by atoms with Crippen LogP contribution in [-0.2, 0) is 6.42 Å². The van der Waals surface area contributed by atoms with Crippen molar-refractivity contribution in [3.8, 4) is 0 Å². The molecule has 3 rings (SSSR count). The number of carbonyl (C=O) groups excluding carboxylic acids is 1. The summed E-state index contributed by atoms with van der Waals surface area (Å²) in [5.74, 6) is 0.177. The highest BCUT2D eigenvalue weighted by atomic mass is 32.1. The van der Waals surface area contributed by atoms with Gasteiger partial charge in [0.2, 0.25) is 0 Å². The maximum Gasteiger partial charge on any atom is 0.264 e. The summed E-state index contributed by atoms with van der Waals surface area (Å²) in [6.07, 6.45) is 4.13. The van der Waals surface area contributed by atoms with Crippen molar-refractivity contribution in [1.82, 2.24) is 4.90 Å². The van der Waals surface area contributed by atoms with Gasteiger partial charge in [-0.3, -0.25) is 4.79 Å². The van der Waals surface area contributed by atoms with Crippen molar-refractivity contribution in [3.05, 3.63) is 63.4 Å². The fraction of sp³-hybridized carbons (Fsp3) is 0.316. The summed E-state index contributed by atoms with van der Waals surface area (Å²) in [6.45, 7) is 5.75. The zero-order valence-electron chi connectivity index (χ0n) is 13.1. The molecule has 1 aromatic carbocycles. The van der Waals surface area contributed by atoms with Gasteiger partial charge >= 0.3 is 0 Å². The predicted octanol–water partition coefficient (Wildman–Crippen LogP) is 4.55. The summed E-state index contributed by atoms with van der Waals surface area (Å²) < 4.78 is 0. The van der Waals surface area contributed by atoms with E-state index in [9.17, 15) is 4.79 Å². The first kappa shape index (κ1) is 15.0. The van der Waals surface area contributed by atoms with E-state index < -0.39 is 0 Å². The van der Waals surface area contributed by atoms with Gasteiger partial charge in [-0.15, -0.1) is 11.3 Å². The smallest absolute Gasteiger partial charge is 0.264 e. The molecule has 0 spiro atoms. The molecule has 3 heteroatoms. The second-order valence-electron chi connectivity index (χ2n) is 5.67. The molecule has 1 aliphatic heterocycles. The maximum atomic E-state index is 12.6. The third-order valence-electron chi connectivity index (χ3n) is 4.19. The van der Waals surface area contributed by atoms with Gasteiger partial charge in [-0.05, 0) is 42.5 Å². The van der Waals surface area contributed by atoms with Gasteiger partial charge in [0.05, 0.1) is 4.88 Å². The van der Waals surface area contributed by atoms with Crippen molar-refractivity contribution < 1.29 is 4.79 Å². The largest absolute Gasteiger partial charge is 0.334 e. The van der Waals surface area contributed by atoms with Gasteiger partial charge in [0, 0.05) is 18.0 Å². The van der Waals surface area contributed by atoms with Crippen LogP contribution < -0.4 is 0 Å². The summed E-state index contributed by atoms with van der Waals surface area (Å²) in [6, 6.07) is 12.5. The molecule has 0 aliphatic carbocycles. The van der Waals surface area contributed by atoms with Crippen molar-refractivity contribution in [1.29, 1.82) is 0 Å². The molecular formula is C19H21NOS. The molecule has 1 amide bonds. The second kappa shape index (κ2) is 6.49. The van der Waals surface area contributed by atoms with Crippen molar-refractivity contribution in [2.45, 2.75) is 26.7 Å². The van der Waals surface area contributed by atoms with Crippen LogP contribution in [0.3, 0.4) is 0 Å². The summed E-state index contributed by atoms with van der Waals surface area (Å²) >= 11 is 1.65. The normalized spacial score (nSPS) is 14.8. The fourth-order valence-corrected chi connectivity index (χ4v) is 3.98. The van der Waals surface area contributed by atoms with Crippen LogP contribution in [0.15, 0.2) is 42.5 Å². The average Bonchev–Trinajstić information content (AvgIpc) is 2.96. The Morgan fingerprint density at radius 1 is 1.27 bits per heavy atom. The Kier molecular flexibility index (Phi) is 4.44. The highest BCUT2D eigenvalue weighted by Gasteiger charge is 2.21. The maximum absolute atomic E-state index is 12.6. The van der Waals surface area contributed by atoms with Crippen LogP contribution in [-0.4, -0.2) is 23.9 Å². The summed E-state index contributed by atoms with van der Waals surface area (Å²) in [5.41, 5.74) is 3.87. The van der Waals surface area contributed by atoms with E-state index in [-0.39, 0.29) is 5.91 Å². The number of amides is 1. The van der Waals surface area contributed by atoms with E-state index in [0.717, 1.165) is 24.3 Å². The van der Waals surface area contributed by atoms with E-state index >= 15 is 0 Å². The molecule has 1 aliphatic rings. The first-order chi connectivity index (χ1) is 10.7. The highest BCUT2D eigenvalue weighted by molar-refractivity contribution is 7.14. The van der Waals surface area contributed by atoms with Crippen LogP contribution in [0.25, 0.3) is 5.57 Å². The van der Waals surface area contributed by atoms with Gasteiger partial charge in [-0.2, -0.15) is 0 Å². The van der Waals surface area contributed by atoms with E-state index in [2.05, 4.69) is 44.2 Å². The molecule has 0 atom stereocenters. The van der Waals surface area contributed by atoms with Crippen LogP contribution in [0.1, 0.15) is 39.0 Å². The third kappa shape index (κ3) is 3.00. The average molecular weight is 311 g/mol. The van der Waals surface area contributed by atoms with Gasteiger partial charge in [-0.25, -0.2) is 0 Å². The van der Waals surface area contributed by atoms with Crippen LogP contribution in [0.4, 0.5) is 0 Å². The van der Waals surface area contributed by atoms with E-state index in [1.807, 2.05) is 17.0 Å². The lowest BCUT2D eigenvalue weighted by atomic mass is 9.99. The molecule has 0 saturated carbocycles. The molecule has 0 bridgehead atoms. The molecule has 0 saturated heterocycles. The number of thiophene rings is 1. The zero-order valence-corrected chi connectivity index (χ0v) is 14.0. The van der Waals surface area contributed by atoms with E-state index in [0.29, 0.717) is 6.54 Å². The minimum atomic E-state index is 0.177. The van der Waals surface area contributed by atoms with E-state index in [1.165, 1.54) is 21.6 Å². The number of aryl methyl sites for hydroxylation is 2. The van der Waals surface area contributed by atoms with Gasteiger partial charge in [0.1, 0.15) is 0 Å². The molecule has 2 nitrogen and oxygen atoms in total. The molecule has 2 heterocycles. The second-order valence-corrected chi connectivity index (χ2v) is 6.80. The topological polar surface area (TPSA) is 20.3 Å². The summed E-state index contributed by atoms with van der Waals surface area (Å²) in [5, 5.41) is 0. The lowest BCUT2D eigenvalue weighted by Gasteiger charge is -2.26. The first-order valence-corrected chi connectivity index (χ1v) is 8.63. The highest BCUT2D eigenvalue weighted by Crippen LogP contribution is 2.26. The van der Waals surface area contributed by atoms with Gasteiger partial charge in [0.25, 0.3) is 5.91 Å². The Bertz CT molecular complexity index is 699. The van der Waals surface area contributed by atoms with Gasteiger partial charge in [-0.1, -0.05) is 43.3 Å². The zero-order chi connectivity index (χ0) is 15.5. The molecule has 22 heavy (non-hydrogen) atoms. The lowest BCUT2D eigenvalue weighted by molar-refractivity contribution is 0.0777. The number of nitrogens with zero attached hydrogens (tertiary/aromatic N) is 1. The monoisotopic (exact) mass is 311 g/mol. The van der Waals surface area contributed by atoms with Crippen molar-refractivity contribution in [3.63, 3.8) is 0 Å². The molecule has 2 aromatic rings. The summed E-state index contributed by atoms with van der Waals surface area (Å²) in [7, 11) is 0. The molecule has 1 aromatic heterocycles. The third-order valence-corrected chi connectivity index (χ3v) is 5.56. The Balaban J connectivity index is 1.72. The van der Waals surface area contributed by atoms with Crippen LogP contribution in [0, 0.1) is 6.92 Å². The van der Waals surface area contributed by atoms with Crippen molar-refractivity contribution in [2.75, 3.05) is 13.1 Å². The van der Waals surface area contributed by atoms with Gasteiger partial charge < -0.3 is 4.90 Å². The van der Waals surface area contributed by atoms with Crippen molar-refractivity contribution in [2.24, 2.45) is 0 Å². The van der Waals surface area contributed by atoms with Crippen LogP contribution in [0.5, 0.6) is 0 Å². The fourth-order valence-electron chi connectivity index (χ4n) is 2.90. The Morgan fingerprint density at radius 3 is 2.64 bits per heavy atom. The number of carbonyl (C=O) groups is 1. The molecule has 0 radical (unpaired) electrons. The van der Waals surface area contributed by atoms with Crippen LogP contribution in [0.2, 0.25) is 0 Å². The minimum absolute atomic E-state index is 0.177. The SMILES string of the molecule is CCc1sc(C(=O)N2CC=C(c3ccccc3)CC2)cc1C. The lowest BCUT2D eigenvalue weighted by Crippen LogP contribution is -2.34. The Hall–Kier alpha value is -1.87. The minimum Gasteiger partial charge on any atom is -0.334 e. The number of rotatable bonds is 3.